The van der Waals surface area contributed by atoms with Crippen molar-refractivity contribution in [2.45, 2.75) is 6.42 Å². The van der Waals surface area contributed by atoms with Crippen LogP contribution in [-0.4, -0.2) is 47.3 Å². The smallest absolute Gasteiger partial charge is 0.270 e. The molecule has 2 N–H and O–H groups in total. The van der Waals surface area contributed by atoms with Crippen molar-refractivity contribution in [1.82, 2.24) is 9.97 Å². The number of aromatic nitrogens is 2. The van der Waals surface area contributed by atoms with Crippen LogP contribution >= 0.6 is 11.3 Å². The molecule has 3 aromatic rings. The number of rotatable bonds is 4. The van der Waals surface area contributed by atoms with E-state index in [2.05, 4.69) is 25.1 Å². The molecule has 1 fully saturated rings. The van der Waals surface area contributed by atoms with Gasteiger partial charge in [0.25, 0.3) is 5.91 Å². The summed E-state index contributed by atoms with van der Waals surface area (Å²) < 4.78 is 18.6. The molecule has 1 saturated heterocycles. The Hall–Kier alpha value is -2.85. The van der Waals surface area contributed by atoms with Crippen LogP contribution in [0.15, 0.2) is 33.8 Å². The Balaban J connectivity index is 1.45. The molecular weight excluding hydrogens is 373 g/mol. The van der Waals surface area contributed by atoms with E-state index in [1.807, 2.05) is 5.38 Å². The minimum Gasteiger partial charge on any atom is -0.493 e. The number of hydrogen-bond acceptors (Lipinski definition) is 7. The second kappa shape index (κ2) is 7.41. The third-order valence-corrected chi connectivity index (χ3v) is 5.08. The zero-order valence-corrected chi connectivity index (χ0v) is 15.0. The predicted molar refractivity (Wildman–Crippen MR) is 98.3 cm³/mol. The van der Waals surface area contributed by atoms with Crippen molar-refractivity contribution < 1.29 is 19.0 Å². The summed E-state index contributed by atoms with van der Waals surface area (Å²) >= 11 is 1.47. The van der Waals surface area contributed by atoms with E-state index in [1.54, 1.807) is 0 Å². The highest BCUT2D eigenvalue weighted by atomic mass is 32.1. The van der Waals surface area contributed by atoms with Crippen LogP contribution in [0.5, 0.6) is 5.88 Å². The molecule has 3 heterocycles. The van der Waals surface area contributed by atoms with Crippen LogP contribution in [0.3, 0.4) is 0 Å². The van der Waals surface area contributed by atoms with Gasteiger partial charge in [0, 0.05) is 23.9 Å². The number of carbonyl (C=O) groups excluding carboxylic acids is 1. The maximum absolute atomic E-state index is 13.2. The number of morpholine rings is 1. The van der Waals surface area contributed by atoms with E-state index in [0.29, 0.717) is 29.8 Å². The van der Waals surface area contributed by atoms with E-state index >= 15 is 0 Å². The van der Waals surface area contributed by atoms with Crippen molar-refractivity contribution in [3.05, 3.63) is 35.1 Å². The van der Waals surface area contributed by atoms with Crippen LogP contribution < -0.4 is 4.90 Å². The molecule has 27 heavy (non-hydrogen) atoms. The summed E-state index contributed by atoms with van der Waals surface area (Å²) in [7, 11) is 0. The van der Waals surface area contributed by atoms with Crippen LogP contribution in [0.25, 0.3) is 10.9 Å². The number of halogens is 1. The number of amides is 1. The van der Waals surface area contributed by atoms with Crippen molar-refractivity contribution in [2.75, 3.05) is 31.2 Å². The minimum atomic E-state index is -0.482. The lowest BCUT2D eigenvalue weighted by molar-refractivity contribution is -0.117. The monoisotopic (exact) mass is 389 g/mol. The first-order chi connectivity index (χ1) is 13.1. The van der Waals surface area contributed by atoms with Gasteiger partial charge in [-0.15, -0.1) is 21.6 Å². The zero-order chi connectivity index (χ0) is 18.8. The van der Waals surface area contributed by atoms with Gasteiger partial charge >= 0.3 is 0 Å². The largest absolute Gasteiger partial charge is 0.493 e. The van der Waals surface area contributed by atoms with Gasteiger partial charge in [-0.1, -0.05) is 0 Å². The molecule has 0 spiro atoms. The number of hydrogen-bond donors (Lipinski definition) is 2. The van der Waals surface area contributed by atoms with Crippen LogP contribution in [0.2, 0.25) is 0 Å². The fourth-order valence-corrected chi connectivity index (χ4v) is 3.69. The molecule has 0 bridgehead atoms. The van der Waals surface area contributed by atoms with Crippen LogP contribution in [0.4, 0.5) is 15.2 Å². The maximum Gasteiger partial charge on any atom is 0.270 e. The van der Waals surface area contributed by atoms with E-state index < -0.39 is 11.7 Å². The third-order valence-electron chi connectivity index (χ3n) is 4.13. The third kappa shape index (κ3) is 3.81. The number of aromatic amines is 1. The molecule has 0 unspecified atom stereocenters. The lowest BCUT2D eigenvalue weighted by atomic mass is 10.2. The Kier molecular flexibility index (Phi) is 4.82. The SMILES string of the molecule is O=C(Cc1csc(N2CCOCC2)n1)N=Nc1c(O)[nH]c2cc(F)ccc12. The number of ether oxygens (including phenoxy) is 1. The molecule has 0 aliphatic carbocycles. The fraction of sp³-hybridized carbons (Fsp3) is 0.294. The van der Waals surface area contributed by atoms with Gasteiger partial charge in [-0.05, 0) is 18.2 Å². The number of fused-ring (bicyclic) bond motifs is 1. The van der Waals surface area contributed by atoms with Gasteiger partial charge < -0.3 is 19.7 Å². The van der Waals surface area contributed by atoms with Crippen molar-refractivity contribution >= 4 is 39.0 Å². The number of thiazole rings is 1. The number of azo groups is 1. The first kappa shape index (κ1) is 17.6. The maximum atomic E-state index is 13.2. The standard InChI is InChI=1S/C17H16FN5O3S/c18-10-1-2-12-13(7-10)20-16(25)15(12)22-21-14(24)8-11-9-27-17(19-11)23-3-5-26-6-4-23/h1-2,7,9,20,25H,3-6,8H2. The number of nitrogens with one attached hydrogen (secondary N) is 1. The Morgan fingerprint density at radius 2 is 2.22 bits per heavy atom. The highest BCUT2D eigenvalue weighted by Gasteiger charge is 2.16. The first-order valence-corrected chi connectivity index (χ1v) is 9.20. The molecule has 140 valence electrons. The number of nitrogens with zero attached hydrogens (tertiary/aromatic N) is 4. The van der Waals surface area contributed by atoms with E-state index in [0.717, 1.165) is 18.2 Å². The Bertz CT molecular complexity index is 1010. The van der Waals surface area contributed by atoms with Crippen molar-refractivity contribution in [1.29, 1.82) is 0 Å². The van der Waals surface area contributed by atoms with Gasteiger partial charge in [0.2, 0.25) is 5.88 Å². The molecule has 1 amide bonds. The number of anilines is 1. The molecule has 1 aromatic carbocycles. The number of aromatic hydroxyl groups is 1. The van der Waals surface area contributed by atoms with Crippen LogP contribution in [-0.2, 0) is 16.0 Å². The molecule has 2 aromatic heterocycles. The Morgan fingerprint density at radius 1 is 1.41 bits per heavy atom. The normalized spacial score (nSPS) is 15.1. The van der Waals surface area contributed by atoms with E-state index in [4.69, 9.17) is 4.74 Å². The fourth-order valence-electron chi connectivity index (χ4n) is 2.82. The number of carbonyl (C=O) groups is 1. The van der Waals surface area contributed by atoms with Crippen molar-refractivity contribution in [3.8, 4) is 5.88 Å². The van der Waals surface area contributed by atoms with Crippen LogP contribution in [0.1, 0.15) is 5.69 Å². The summed E-state index contributed by atoms with van der Waals surface area (Å²) in [4.78, 5) is 21.3. The average Bonchev–Trinajstić information content (AvgIpc) is 3.24. The summed E-state index contributed by atoms with van der Waals surface area (Å²) in [5.74, 6) is -1.19. The summed E-state index contributed by atoms with van der Waals surface area (Å²) in [6.07, 6.45) is 0.0160. The topological polar surface area (TPSA) is 103 Å². The van der Waals surface area contributed by atoms with Gasteiger partial charge in [-0.25, -0.2) is 9.37 Å². The summed E-state index contributed by atoms with van der Waals surface area (Å²) in [5, 5.41) is 20.6. The minimum absolute atomic E-state index is 0.0160. The molecule has 0 atom stereocenters. The second-order valence-electron chi connectivity index (χ2n) is 6.00. The molecular formula is C17H16FN5O3S. The van der Waals surface area contributed by atoms with Gasteiger partial charge in [0.15, 0.2) is 10.8 Å². The lowest BCUT2D eigenvalue weighted by Crippen LogP contribution is -2.36. The summed E-state index contributed by atoms with van der Waals surface area (Å²) in [6.45, 7) is 2.89. The molecule has 1 aliphatic rings. The highest BCUT2D eigenvalue weighted by Crippen LogP contribution is 2.35. The molecule has 8 nitrogen and oxygen atoms in total. The van der Waals surface area contributed by atoms with Crippen LogP contribution in [0, 0.1) is 5.82 Å². The predicted octanol–water partition coefficient (Wildman–Crippen LogP) is 3.16. The Labute approximate surface area is 157 Å². The zero-order valence-electron chi connectivity index (χ0n) is 14.2. The highest BCUT2D eigenvalue weighted by molar-refractivity contribution is 7.13. The summed E-state index contributed by atoms with van der Waals surface area (Å²) in [6, 6.07) is 3.95. The number of benzene rings is 1. The average molecular weight is 389 g/mol. The molecule has 0 radical (unpaired) electrons. The van der Waals surface area contributed by atoms with E-state index in [-0.39, 0.29) is 18.0 Å². The van der Waals surface area contributed by atoms with E-state index in [9.17, 15) is 14.3 Å². The lowest BCUT2D eigenvalue weighted by Gasteiger charge is -2.25. The molecule has 10 heteroatoms. The van der Waals surface area contributed by atoms with Gasteiger partial charge in [-0.3, -0.25) is 4.79 Å². The summed E-state index contributed by atoms with van der Waals surface area (Å²) in [5.41, 5.74) is 1.10. The quantitative estimate of drug-likeness (QED) is 0.667. The van der Waals surface area contributed by atoms with Gasteiger partial charge in [-0.2, -0.15) is 0 Å². The van der Waals surface area contributed by atoms with Gasteiger partial charge in [0.1, 0.15) is 5.82 Å². The first-order valence-electron chi connectivity index (χ1n) is 8.32. The van der Waals surface area contributed by atoms with Crippen molar-refractivity contribution in [3.63, 3.8) is 0 Å². The van der Waals surface area contributed by atoms with E-state index in [1.165, 1.54) is 29.5 Å². The second-order valence-corrected chi connectivity index (χ2v) is 6.84. The number of H-pyrrole nitrogens is 1. The van der Waals surface area contributed by atoms with Gasteiger partial charge in [0.05, 0.1) is 30.8 Å². The molecule has 0 saturated carbocycles. The Morgan fingerprint density at radius 3 is 3.04 bits per heavy atom. The molecule has 4 rings (SSSR count). The molecule has 1 aliphatic heterocycles. The van der Waals surface area contributed by atoms with Crippen molar-refractivity contribution in [2.24, 2.45) is 10.2 Å².